The summed E-state index contributed by atoms with van der Waals surface area (Å²) < 4.78 is 44.5. The Hall–Kier alpha value is -3.18. The summed E-state index contributed by atoms with van der Waals surface area (Å²) >= 11 is 18.3. The average Bonchev–Trinajstić information content (AvgIpc) is 2.78. The Morgan fingerprint density at radius 1 is 1.00 bits per heavy atom. The zero-order valence-corrected chi connectivity index (χ0v) is 19.4. The van der Waals surface area contributed by atoms with E-state index in [0.29, 0.717) is 22.4 Å². The summed E-state index contributed by atoms with van der Waals surface area (Å²) in [5.74, 6) is -0.573. The number of nitrogens with one attached hydrogen (secondary N) is 1. The van der Waals surface area contributed by atoms with E-state index in [2.05, 4.69) is 5.32 Å². The molecule has 0 aliphatic heterocycles. The molecule has 34 heavy (non-hydrogen) atoms. The maximum absolute atomic E-state index is 12.9. The number of rotatable bonds is 6. The molecule has 0 saturated heterocycles. The van der Waals surface area contributed by atoms with E-state index in [9.17, 15) is 23.2 Å². The first-order valence-corrected chi connectivity index (χ1v) is 10.7. The highest BCUT2D eigenvalue weighted by molar-refractivity contribution is 6.34. The Labute approximate surface area is 208 Å². The van der Waals surface area contributed by atoms with E-state index in [1.54, 1.807) is 30.3 Å². The molecular formula is C24H14Cl3F3N2O2. The molecule has 0 aliphatic carbocycles. The van der Waals surface area contributed by atoms with Gasteiger partial charge in [-0.2, -0.15) is 18.4 Å². The van der Waals surface area contributed by atoms with Crippen LogP contribution >= 0.6 is 34.8 Å². The fourth-order valence-corrected chi connectivity index (χ4v) is 3.40. The highest BCUT2D eigenvalue weighted by Gasteiger charge is 2.31. The standard InChI is InChI=1S/C24H14Cl3F3N2O2/c25-18-4-2-1-3-15(18)13-34-22-8-5-14(10-20(22)27)9-16(12-31)23(33)32-21-11-17(24(28,29)30)6-7-19(21)26/h1-11H,13H2,(H,32,33)/b16-9-. The fraction of sp³-hybridized carbons (Fsp3) is 0.0833. The van der Waals surface area contributed by atoms with Crippen LogP contribution in [0.3, 0.4) is 0 Å². The molecule has 0 unspecified atom stereocenters. The first kappa shape index (κ1) is 25.4. The van der Waals surface area contributed by atoms with Crippen LogP contribution in [0.1, 0.15) is 16.7 Å². The largest absolute Gasteiger partial charge is 0.487 e. The van der Waals surface area contributed by atoms with Crippen LogP contribution in [0.2, 0.25) is 15.1 Å². The monoisotopic (exact) mass is 524 g/mol. The molecule has 174 valence electrons. The van der Waals surface area contributed by atoms with Gasteiger partial charge in [-0.1, -0.05) is 59.1 Å². The van der Waals surface area contributed by atoms with E-state index >= 15 is 0 Å². The molecule has 0 atom stereocenters. The van der Waals surface area contributed by atoms with Crippen LogP contribution in [0.5, 0.6) is 5.75 Å². The molecule has 0 fully saturated rings. The maximum Gasteiger partial charge on any atom is 0.416 e. The van der Waals surface area contributed by atoms with Crippen LogP contribution in [0.4, 0.5) is 18.9 Å². The summed E-state index contributed by atoms with van der Waals surface area (Å²) in [6.07, 6.45) is -3.38. The van der Waals surface area contributed by atoms with Crippen LogP contribution < -0.4 is 10.1 Å². The van der Waals surface area contributed by atoms with Crippen molar-refractivity contribution in [2.24, 2.45) is 0 Å². The summed E-state index contributed by atoms with van der Waals surface area (Å²) in [4.78, 5) is 12.5. The second kappa shape index (κ2) is 10.8. The number of hydrogen-bond donors (Lipinski definition) is 1. The summed E-state index contributed by atoms with van der Waals surface area (Å²) in [7, 11) is 0. The average molecular weight is 526 g/mol. The van der Waals surface area contributed by atoms with Crippen LogP contribution in [0.25, 0.3) is 6.08 Å². The summed E-state index contributed by atoms with van der Waals surface area (Å²) in [5, 5.41) is 12.3. The second-order valence-electron chi connectivity index (χ2n) is 6.89. The molecule has 3 aromatic rings. The number of nitrogens with zero attached hydrogens (tertiary/aromatic N) is 1. The Balaban J connectivity index is 1.76. The minimum atomic E-state index is -4.62. The Bertz CT molecular complexity index is 1300. The molecule has 3 aromatic carbocycles. The molecule has 4 nitrogen and oxygen atoms in total. The van der Waals surface area contributed by atoms with Gasteiger partial charge in [-0.25, -0.2) is 0 Å². The molecule has 0 aliphatic rings. The first-order chi connectivity index (χ1) is 16.1. The lowest BCUT2D eigenvalue weighted by atomic mass is 10.1. The molecule has 1 amide bonds. The van der Waals surface area contributed by atoms with Gasteiger partial charge in [0.05, 0.1) is 21.3 Å². The number of ether oxygens (including phenoxy) is 1. The molecule has 0 aromatic heterocycles. The number of benzene rings is 3. The van der Waals surface area contributed by atoms with Gasteiger partial charge in [-0.15, -0.1) is 0 Å². The lowest BCUT2D eigenvalue weighted by Crippen LogP contribution is -2.15. The molecule has 0 heterocycles. The molecule has 1 N–H and O–H groups in total. The van der Waals surface area contributed by atoms with E-state index in [4.69, 9.17) is 39.5 Å². The highest BCUT2D eigenvalue weighted by atomic mass is 35.5. The highest BCUT2D eigenvalue weighted by Crippen LogP contribution is 2.34. The lowest BCUT2D eigenvalue weighted by molar-refractivity contribution is -0.137. The van der Waals surface area contributed by atoms with Gasteiger partial charge < -0.3 is 10.1 Å². The fourth-order valence-electron chi connectivity index (χ4n) is 2.80. The Kier molecular flexibility index (Phi) is 8.11. The minimum absolute atomic E-state index is 0.110. The van der Waals surface area contributed by atoms with E-state index in [-0.39, 0.29) is 27.9 Å². The summed E-state index contributed by atoms with van der Waals surface area (Å²) in [6, 6.07) is 16.0. The number of halogens is 6. The predicted octanol–water partition coefficient (Wildman–Crippen LogP) is 7.79. The third-order valence-corrected chi connectivity index (χ3v) is 5.51. The van der Waals surface area contributed by atoms with E-state index in [0.717, 1.165) is 17.7 Å². The van der Waals surface area contributed by atoms with E-state index in [1.807, 2.05) is 12.1 Å². The second-order valence-corrected chi connectivity index (χ2v) is 8.11. The van der Waals surface area contributed by atoms with Crippen LogP contribution in [-0.4, -0.2) is 5.91 Å². The van der Waals surface area contributed by atoms with Gasteiger partial charge in [0.25, 0.3) is 5.91 Å². The van der Waals surface area contributed by atoms with Gasteiger partial charge in [0.2, 0.25) is 0 Å². The lowest BCUT2D eigenvalue weighted by Gasteiger charge is -2.11. The smallest absolute Gasteiger partial charge is 0.416 e. The van der Waals surface area contributed by atoms with Crippen molar-refractivity contribution in [3.05, 3.63) is 98.0 Å². The first-order valence-electron chi connectivity index (χ1n) is 9.54. The third-order valence-electron chi connectivity index (χ3n) is 4.51. The molecule has 0 radical (unpaired) electrons. The van der Waals surface area contributed by atoms with Gasteiger partial charge in [0.1, 0.15) is 24.0 Å². The number of anilines is 1. The zero-order chi connectivity index (χ0) is 24.9. The van der Waals surface area contributed by atoms with Crippen molar-refractivity contribution < 1.29 is 22.7 Å². The SMILES string of the molecule is N#C/C(=C/c1ccc(OCc2ccccc2Cl)c(Cl)c1)C(=O)Nc1cc(C(F)(F)F)ccc1Cl. The van der Waals surface area contributed by atoms with Crippen LogP contribution in [-0.2, 0) is 17.6 Å². The van der Waals surface area contributed by atoms with Gasteiger partial charge in [-0.3, -0.25) is 4.79 Å². The minimum Gasteiger partial charge on any atom is -0.487 e. The molecule has 10 heteroatoms. The van der Waals surface area contributed by atoms with Gasteiger partial charge in [-0.05, 0) is 48.0 Å². The van der Waals surface area contributed by atoms with E-state index < -0.39 is 17.6 Å². The van der Waals surface area contributed by atoms with E-state index in [1.165, 1.54) is 12.1 Å². The van der Waals surface area contributed by atoms with Crippen molar-refractivity contribution in [3.63, 3.8) is 0 Å². The molecule has 0 bridgehead atoms. The topological polar surface area (TPSA) is 62.1 Å². The van der Waals surface area contributed by atoms with Crippen molar-refractivity contribution in [2.75, 3.05) is 5.32 Å². The Morgan fingerprint density at radius 3 is 2.38 bits per heavy atom. The number of alkyl halides is 3. The normalized spacial score (nSPS) is 11.6. The van der Waals surface area contributed by atoms with Crippen LogP contribution in [0.15, 0.2) is 66.2 Å². The number of amides is 1. The predicted molar refractivity (Wildman–Crippen MR) is 126 cm³/mol. The zero-order valence-electron chi connectivity index (χ0n) is 17.1. The van der Waals surface area contributed by atoms with Crippen molar-refractivity contribution in [3.8, 4) is 11.8 Å². The molecular weight excluding hydrogens is 512 g/mol. The molecule has 0 spiro atoms. The third kappa shape index (κ3) is 6.45. The van der Waals surface area contributed by atoms with Crippen molar-refractivity contribution in [1.82, 2.24) is 0 Å². The Morgan fingerprint density at radius 2 is 1.74 bits per heavy atom. The van der Waals surface area contributed by atoms with Gasteiger partial charge in [0, 0.05) is 10.6 Å². The molecule has 3 rings (SSSR count). The summed E-state index contributed by atoms with van der Waals surface area (Å²) in [6.45, 7) is 0.179. The number of carbonyl (C=O) groups is 1. The molecule has 0 saturated carbocycles. The van der Waals surface area contributed by atoms with Crippen molar-refractivity contribution >= 4 is 52.5 Å². The van der Waals surface area contributed by atoms with Crippen LogP contribution in [0, 0.1) is 11.3 Å². The van der Waals surface area contributed by atoms with Gasteiger partial charge >= 0.3 is 6.18 Å². The van der Waals surface area contributed by atoms with Crippen molar-refractivity contribution in [2.45, 2.75) is 12.8 Å². The summed E-state index contributed by atoms with van der Waals surface area (Å²) in [5.41, 5.74) is -0.468. The number of hydrogen-bond acceptors (Lipinski definition) is 3. The van der Waals surface area contributed by atoms with Crippen molar-refractivity contribution in [1.29, 1.82) is 5.26 Å². The number of carbonyl (C=O) groups excluding carboxylic acids is 1. The van der Waals surface area contributed by atoms with Gasteiger partial charge in [0.15, 0.2) is 0 Å². The quantitative estimate of drug-likeness (QED) is 0.264. The maximum atomic E-state index is 12.9. The number of nitriles is 1.